The Kier molecular flexibility index (Phi) is 4.86. The zero-order valence-electron chi connectivity index (χ0n) is 17.2. The van der Waals surface area contributed by atoms with Crippen molar-refractivity contribution in [3.05, 3.63) is 99.6 Å². The minimum absolute atomic E-state index is 0.0151. The van der Waals surface area contributed by atoms with E-state index < -0.39 is 29.8 Å². The molecule has 2 heterocycles. The van der Waals surface area contributed by atoms with Crippen LogP contribution in [0.1, 0.15) is 67.7 Å². The number of esters is 5. The number of cyclic esters (lactones) is 4. The Balaban J connectivity index is 1.31. The van der Waals surface area contributed by atoms with Gasteiger partial charge in [-0.2, -0.15) is 0 Å². The molecule has 0 bridgehead atoms. The summed E-state index contributed by atoms with van der Waals surface area (Å²) >= 11 is 0. The Labute approximate surface area is 190 Å². The van der Waals surface area contributed by atoms with Crippen LogP contribution in [-0.2, 0) is 15.9 Å². The van der Waals surface area contributed by atoms with Crippen LogP contribution in [0.25, 0.3) is 0 Å². The third kappa shape index (κ3) is 3.65. The summed E-state index contributed by atoms with van der Waals surface area (Å²) in [6.45, 7) is 0. The molecule has 0 saturated heterocycles. The van der Waals surface area contributed by atoms with Crippen molar-refractivity contribution in [3.8, 4) is 5.75 Å². The Morgan fingerprint density at radius 2 is 1.21 bits per heavy atom. The van der Waals surface area contributed by atoms with Gasteiger partial charge in [0.15, 0.2) is 5.78 Å². The Bertz CT molecular complexity index is 1360. The van der Waals surface area contributed by atoms with Gasteiger partial charge in [-0.05, 0) is 48.0 Å². The van der Waals surface area contributed by atoms with Crippen molar-refractivity contribution < 1.29 is 43.0 Å². The van der Waals surface area contributed by atoms with Gasteiger partial charge in [0.1, 0.15) is 5.75 Å². The molecule has 166 valence electrons. The summed E-state index contributed by atoms with van der Waals surface area (Å²) in [6.07, 6.45) is -0.0556. The number of ether oxygens (including phenoxy) is 3. The molecule has 0 aromatic heterocycles. The molecular formula is C25H12O9. The van der Waals surface area contributed by atoms with E-state index in [0.29, 0.717) is 5.56 Å². The number of carbonyl (C=O) groups excluding carboxylic acids is 6. The van der Waals surface area contributed by atoms with Crippen LogP contribution in [-0.4, -0.2) is 35.6 Å². The van der Waals surface area contributed by atoms with Gasteiger partial charge in [-0.15, -0.1) is 0 Å². The maximum Gasteiger partial charge on any atom is 0.346 e. The molecule has 3 aromatic carbocycles. The Morgan fingerprint density at radius 3 is 1.85 bits per heavy atom. The molecule has 0 unspecified atom stereocenters. The molecule has 0 spiro atoms. The molecule has 34 heavy (non-hydrogen) atoms. The van der Waals surface area contributed by atoms with Gasteiger partial charge in [0.25, 0.3) is 0 Å². The second-order valence-corrected chi connectivity index (χ2v) is 7.51. The first-order chi connectivity index (χ1) is 16.3. The average molecular weight is 456 g/mol. The van der Waals surface area contributed by atoms with Crippen molar-refractivity contribution in [2.45, 2.75) is 6.42 Å². The highest BCUT2D eigenvalue weighted by Crippen LogP contribution is 2.24. The van der Waals surface area contributed by atoms with Crippen molar-refractivity contribution in [3.63, 3.8) is 0 Å². The van der Waals surface area contributed by atoms with Crippen LogP contribution < -0.4 is 4.74 Å². The molecular weight excluding hydrogens is 444 g/mol. The van der Waals surface area contributed by atoms with E-state index >= 15 is 0 Å². The minimum atomic E-state index is -0.834. The van der Waals surface area contributed by atoms with Gasteiger partial charge in [-0.25, -0.2) is 24.0 Å². The average Bonchev–Trinajstić information content (AvgIpc) is 3.27. The molecule has 5 rings (SSSR count). The Hall–Kier alpha value is -4.92. The first-order valence-corrected chi connectivity index (χ1v) is 9.95. The zero-order valence-corrected chi connectivity index (χ0v) is 17.2. The SMILES string of the molecule is O=C(Cc1cccc(OC(=O)c2ccc3c(c2)C(=O)OC3=O)c1)c1ccc2c(c1)C(=O)OC2=O. The van der Waals surface area contributed by atoms with Crippen LogP contribution in [0, 0.1) is 0 Å². The monoisotopic (exact) mass is 456 g/mol. The predicted molar refractivity (Wildman–Crippen MR) is 112 cm³/mol. The third-order valence-electron chi connectivity index (χ3n) is 5.32. The third-order valence-corrected chi connectivity index (χ3v) is 5.32. The first kappa shape index (κ1) is 21.0. The Morgan fingerprint density at radius 1 is 0.647 bits per heavy atom. The van der Waals surface area contributed by atoms with Crippen LogP contribution in [0.3, 0.4) is 0 Å². The lowest BCUT2D eigenvalue weighted by molar-refractivity contribution is 0.0425. The van der Waals surface area contributed by atoms with Gasteiger partial charge in [-0.3, -0.25) is 4.79 Å². The van der Waals surface area contributed by atoms with Gasteiger partial charge in [-0.1, -0.05) is 18.2 Å². The fourth-order valence-corrected chi connectivity index (χ4v) is 3.64. The highest BCUT2D eigenvalue weighted by molar-refractivity contribution is 6.16. The minimum Gasteiger partial charge on any atom is -0.423 e. The number of Topliss-reactive ketones (excluding diaryl/α,β-unsaturated/α-hetero) is 1. The van der Waals surface area contributed by atoms with Gasteiger partial charge < -0.3 is 14.2 Å². The first-order valence-electron chi connectivity index (χ1n) is 9.95. The molecule has 0 aliphatic carbocycles. The summed E-state index contributed by atoms with van der Waals surface area (Å²) in [4.78, 5) is 71.7. The fourth-order valence-electron chi connectivity index (χ4n) is 3.64. The van der Waals surface area contributed by atoms with Gasteiger partial charge in [0.2, 0.25) is 0 Å². The van der Waals surface area contributed by atoms with E-state index in [2.05, 4.69) is 9.47 Å². The fraction of sp³-hybridized carbons (Fsp3) is 0.0400. The molecule has 0 atom stereocenters. The topological polar surface area (TPSA) is 130 Å². The molecule has 0 fully saturated rings. The lowest BCUT2D eigenvalue weighted by atomic mass is 9.99. The number of hydrogen-bond acceptors (Lipinski definition) is 9. The van der Waals surface area contributed by atoms with Crippen molar-refractivity contribution in [2.24, 2.45) is 0 Å². The van der Waals surface area contributed by atoms with Crippen molar-refractivity contribution in [1.82, 2.24) is 0 Å². The second-order valence-electron chi connectivity index (χ2n) is 7.51. The van der Waals surface area contributed by atoms with E-state index in [1.54, 1.807) is 12.1 Å². The van der Waals surface area contributed by atoms with E-state index in [9.17, 15) is 28.8 Å². The number of rotatable bonds is 5. The molecule has 3 aromatic rings. The molecule has 0 amide bonds. The smallest absolute Gasteiger partial charge is 0.346 e. The summed E-state index contributed by atoms with van der Waals surface area (Å²) in [7, 11) is 0. The molecule has 9 nitrogen and oxygen atoms in total. The van der Waals surface area contributed by atoms with Crippen molar-refractivity contribution >= 4 is 35.6 Å². The van der Waals surface area contributed by atoms with Crippen LogP contribution >= 0.6 is 0 Å². The predicted octanol–water partition coefficient (Wildman–Crippen LogP) is 2.95. The van der Waals surface area contributed by atoms with E-state index in [0.717, 1.165) is 0 Å². The molecule has 9 heteroatoms. The van der Waals surface area contributed by atoms with Crippen molar-refractivity contribution in [1.29, 1.82) is 0 Å². The van der Waals surface area contributed by atoms with E-state index in [-0.39, 0.29) is 51.3 Å². The maximum atomic E-state index is 12.7. The lowest BCUT2D eigenvalue weighted by Crippen LogP contribution is -2.10. The molecule has 2 aliphatic heterocycles. The highest BCUT2D eigenvalue weighted by atomic mass is 16.6. The molecule has 0 N–H and O–H groups in total. The van der Waals surface area contributed by atoms with Gasteiger partial charge >= 0.3 is 29.8 Å². The van der Waals surface area contributed by atoms with E-state index in [1.807, 2.05) is 0 Å². The summed E-state index contributed by atoms with van der Waals surface area (Å²) < 4.78 is 14.4. The molecule has 0 radical (unpaired) electrons. The van der Waals surface area contributed by atoms with E-state index in [1.165, 1.54) is 48.5 Å². The van der Waals surface area contributed by atoms with Crippen LogP contribution in [0.5, 0.6) is 5.75 Å². The largest absolute Gasteiger partial charge is 0.423 e. The summed E-state index contributed by atoms with van der Waals surface area (Å²) in [5.74, 6) is -4.07. The van der Waals surface area contributed by atoms with Crippen LogP contribution in [0.15, 0.2) is 60.7 Å². The zero-order chi connectivity index (χ0) is 24.0. The second kappa shape index (κ2) is 7.89. The number of ketones is 1. The van der Waals surface area contributed by atoms with Gasteiger partial charge in [0.05, 0.1) is 27.8 Å². The highest BCUT2D eigenvalue weighted by Gasteiger charge is 2.31. The summed E-state index contributed by atoms with van der Waals surface area (Å²) in [5.41, 5.74) is 1.03. The quantitative estimate of drug-likeness (QED) is 0.246. The van der Waals surface area contributed by atoms with Gasteiger partial charge in [0, 0.05) is 12.0 Å². The standard InChI is InChI=1S/C25H12O9/c26-20(13-4-6-16-18(10-13)24(30)33-22(16)28)9-12-2-1-3-15(8-12)32-21(27)14-5-7-17-19(11-14)25(31)34-23(17)29/h1-8,10-11H,9H2. The van der Waals surface area contributed by atoms with Crippen LogP contribution in [0.2, 0.25) is 0 Å². The number of carbonyl (C=O) groups is 6. The maximum absolute atomic E-state index is 12.7. The summed E-state index contributed by atoms with van der Waals surface area (Å²) in [6, 6.07) is 14.3. The van der Waals surface area contributed by atoms with E-state index in [4.69, 9.17) is 4.74 Å². The molecule has 2 aliphatic rings. The number of hydrogen-bond donors (Lipinski definition) is 0. The molecule has 0 saturated carbocycles. The van der Waals surface area contributed by atoms with Crippen LogP contribution in [0.4, 0.5) is 0 Å². The lowest BCUT2D eigenvalue weighted by Gasteiger charge is -2.07. The number of fused-ring (bicyclic) bond motifs is 2. The normalized spacial score (nSPS) is 13.8. The van der Waals surface area contributed by atoms with Crippen molar-refractivity contribution in [2.75, 3.05) is 0 Å². The summed E-state index contributed by atoms with van der Waals surface area (Å²) in [5, 5.41) is 0. The number of benzene rings is 3.